The normalized spacial score (nSPS) is 9.53. The first-order chi connectivity index (χ1) is 9.38. The van der Waals surface area contributed by atoms with Crippen LogP contribution >= 0.6 is 11.6 Å². The zero-order valence-electron chi connectivity index (χ0n) is 10.6. The zero-order valence-corrected chi connectivity index (χ0v) is 11.4. The van der Waals surface area contributed by atoms with Crippen molar-refractivity contribution < 1.29 is 4.74 Å². The largest absolute Gasteiger partial charge is 0.493 e. The average molecular weight is 271 g/mol. The highest BCUT2D eigenvalue weighted by atomic mass is 35.5. The van der Waals surface area contributed by atoms with Crippen LogP contribution in [0.4, 0.5) is 0 Å². The Balaban J connectivity index is 1.83. The highest BCUT2D eigenvalue weighted by molar-refractivity contribution is 6.19. The van der Waals surface area contributed by atoms with Gasteiger partial charge in [0.2, 0.25) is 0 Å². The van der Waals surface area contributed by atoms with E-state index in [4.69, 9.17) is 16.3 Å². The SMILES string of the molecule is ClCC#Cc1ccc(OCCc2ccccc2)cc1. The van der Waals surface area contributed by atoms with Crippen molar-refractivity contribution in [3.05, 3.63) is 65.7 Å². The summed E-state index contributed by atoms with van der Waals surface area (Å²) in [6.07, 6.45) is 0.911. The molecule has 0 aromatic heterocycles. The lowest BCUT2D eigenvalue weighted by atomic mass is 10.2. The number of alkyl halides is 1. The molecule has 0 spiro atoms. The Morgan fingerprint density at radius 3 is 2.37 bits per heavy atom. The molecule has 0 atom stereocenters. The van der Waals surface area contributed by atoms with E-state index in [1.807, 2.05) is 42.5 Å². The van der Waals surface area contributed by atoms with Crippen molar-refractivity contribution in [3.8, 4) is 17.6 Å². The van der Waals surface area contributed by atoms with Crippen LogP contribution < -0.4 is 4.74 Å². The molecule has 0 fully saturated rings. The fourth-order valence-electron chi connectivity index (χ4n) is 1.70. The van der Waals surface area contributed by atoms with Crippen LogP contribution in [-0.2, 0) is 6.42 Å². The second-order valence-electron chi connectivity index (χ2n) is 4.04. The maximum atomic E-state index is 5.70. The van der Waals surface area contributed by atoms with Crippen LogP contribution in [0, 0.1) is 11.8 Å². The molecule has 0 aliphatic carbocycles. The third kappa shape index (κ3) is 4.69. The molecule has 0 radical (unpaired) electrons. The van der Waals surface area contributed by atoms with Gasteiger partial charge in [-0.1, -0.05) is 42.2 Å². The lowest BCUT2D eigenvalue weighted by Crippen LogP contribution is -2.00. The molecule has 19 heavy (non-hydrogen) atoms. The van der Waals surface area contributed by atoms with Gasteiger partial charge in [-0.3, -0.25) is 0 Å². The second-order valence-corrected chi connectivity index (χ2v) is 4.31. The first-order valence-corrected chi connectivity index (χ1v) is 6.73. The molecule has 0 unspecified atom stereocenters. The van der Waals surface area contributed by atoms with Crippen molar-refractivity contribution in [1.82, 2.24) is 0 Å². The fraction of sp³-hybridized carbons (Fsp3) is 0.176. The summed E-state index contributed by atoms with van der Waals surface area (Å²) in [5.41, 5.74) is 2.24. The van der Waals surface area contributed by atoms with Crippen molar-refractivity contribution in [2.45, 2.75) is 6.42 Å². The van der Waals surface area contributed by atoms with Crippen LogP contribution in [0.3, 0.4) is 0 Å². The molecule has 0 aliphatic rings. The van der Waals surface area contributed by atoms with Crippen LogP contribution in [0.15, 0.2) is 54.6 Å². The molecule has 0 saturated carbocycles. The van der Waals surface area contributed by atoms with E-state index in [-0.39, 0.29) is 0 Å². The molecule has 2 aromatic rings. The molecule has 96 valence electrons. The number of hydrogen-bond donors (Lipinski definition) is 0. The molecule has 0 heterocycles. The lowest BCUT2D eigenvalue weighted by Gasteiger charge is -2.06. The zero-order chi connectivity index (χ0) is 13.3. The maximum Gasteiger partial charge on any atom is 0.119 e. The van der Waals surface area contributed by atoms with Gasteiger partial charge in [-0.25, -0.2) is 0 Å². The molecular weight excluding hydrogens is 256 g/mol. The summed E-state index contributed by atoms with van der Waals surface area (Å²) in [5.74, 6) is 7.01. The Labute approximate surface area is 119 Å². The minimum absolute atomic E-state index is 0.356. The number of halogens is 1. The number of benzene rings is 2. The van der Waals surface area contributed by atoms with E-state index in [0.717, 1.165) is 17.7 Å². The molecule has 0 N–H and O–H groups in total. The van der Waals surface area contributed by atoms with Gasteiger partial charge in [0.1, 0.15) is 5.75 Å². The van der Waals surface area contributed by atoms with Gasteiger partial charge in [0.05, 0.1) is 12.5 Å². The quantitative estimate of drug-likeness (QED) is 0.605. The summed E-state index contributed by atoms with van der Waals surface area (Å²) >= 11 is 5.51. The van der Waals surface area contributed by atoms with Crippen molar-refractivity contribution in [2.24, 2.45) is 0 Å². The van der Waals surface area contributed by atoms with Gasteiger partial charge in [-0.2, -0.15) is 0 Å². The van der Waals surface area contributed by atoms with Crippen molar-refractivity contribution in [2.75, 3.05) is 12.5 Å². The summed E-state index contributed by atoms with van der Waals surface area (Å²) in [5, 5.41) is 0. The van der Waals surface area contributed by atoms with Crippen LogP contribution in [-0.4, -0.2) is 12.5 Å². The van der Waals surface area contributed by atoms with Gasteiger partial charge in [-0.15, -0.1) is 11.6 Å². The fourth-order valence-corrected chi connectivity index (χ4v) is 1.77. The standard InChI is InChI=1S/C17H15ClO/c18-13-4-7-16-8-10-17(11-9-16)19-14-12-15-5-2-1-3-6-15/h1-3,5-6,8-11H,12-14H2. The number of hydrogen-bond acceptors (Lipinski definition) is 1. The van der Waals surface area contributed by atoms with E-state index < -0.39 is 0 Å². The lowest BCUT2D eigenvalue weighted by molar-refractivity contribution is 0.322. The highest BCUT2D eigenvalue weighted by Gasteiger charge is 1.95. The molecule has 2 heteroatoms. The van der Waals surface area contributed by atoms with E-state index in [9.17, 15) is 0 Å². The molecular formula is C17H15ClO. The molecule has 2 rings (SSSR count). The van der Waals surface area contributed by atoms with Gasteiger partial charge >= 0.3 is 0 Å². The Morgan fingerprint density at radius 2 is 1.68 bits per heavy atom. The van der Waals surface area contributed by atoms with E-state index in [1.54, 1.807) is 0 Å². The van der Waals surface area contributed by atoms with Crippen LogP contribution in [0.25, 0.3) is 0 Å². The Kier molecular flexibility index (Phi) is 5.34. The third-order valence-corrected chi connectivity index (χ3v) is 2.79. The van der Waals surface area contributed by atoms with Crippen molar-refractivity contribution >= 4 is 11.6 Å². The molecule has 0 aliphatic heterocycles. The van der Waals surface area contributed by atoms with Crippen molar-refractivity contribution in [3.63, 3.8) is 0 Å². The predicted octanol–water partition coefficient (Wildman–Crippen LogP) is 3.90. The predicted molar refractivity (Wildman–Crippen MR) is 79.7 cm³/mol. The molecule has 0 bridgehead atoms. The first kappa shape index (κ1) is 13.5. The van der Waals surface area contributed by atoms with Gasteiger partial charge in [0.25, 0.3) is 0 Å². The van der Waals surface area contributed by atoms with Gasteiger partial charge in [0.15, 0.2) is 0 Å². The van der Waals surface area contributed by atoms with E-state index in [2.05, 4.69) is 24.0 Å². The van der Waals surface area contributed by atoms with Crippen LogP contribution in [0.5, 0.6) is 5.75 Å². The Morgan fingerprint density at radius 1 is 0.947 bits per heavy atom. The summed E-state index contributed by atoms with van der Waals surface area (Å²) in [6.45, 7) is 0.677. The second kappa shape index (κ2) is 7.51. The topological polar surface area (TPSA) is 9.23 Å². The summed E-state index contributed by atoms with van der Waals surface area (Å²) in [6, 6.07) is 18.1. The molecule has 1 nitrogen and oxygen atoms in total. The number of rotatable bonds is 4. The molecule has 2 aromatic carbocycles. The monoisotopic (exact) mass is 270 g/mol. The smallest absolute Gasteiger partial charge is 0.119 e. The van der Waals surface area contributed by atoms with E-state index in [1.165, 1.54) is 5.56 Å². The van der Waals surface area contributed by atoms with Crippen LogP contribution in [0.1, 0.15) is 11.1 Å². The highest BCUT2D eigenvalue weighted by Crippen LogP contribution is 2.12. The Bertz CT molecular complexity index is 549. The minimum Gasteiger partial charge on any atom is -0.493 e. The summed E-state index contributed by atoms with van der Waals surface area (Å²) in [7, 11) is 0. The minimum atomic E-state index is 0.356. The van der Waals surface area contributed by atoms with E-state index in [0.29, 0.717) is 12.5 Å². The van der Waals surface area contributed by atoms with Crippen molar-refractivity contribution in [1.29, 1.82) is 0 Å². The Hall–Kier alpha value is -1.91. The number of ether oxygens (including phenoxy) is 1. The maximum absolute atomic E-state index is 5.70. The first-order valence-electron chi connectivity index (χ1n) is 6.20. The third-order valence-electron chi connectivity index (χ3n) is 2.66. The van der Waals surface area contributed by atoms with Gasteiger partial charge in [-0.05, 0) is 29.8 Å². The van der Waals surface area contributed by atoms with Gasteiger partial charge < -0.3 is 4.74 Å². The van der Waals surface area contributed by atoms with Crippen LogP contribution in [0.2, 0.25) is 0 Å². The summed E-state index contributed by atoms with van der Waals surface area (Å²) in [4.78, 5) is 0. The van der Waals surface area contributed by atoms with E-state index >= 15 is 0 Å². The summed E-state index contributed by atoms with van der Waals surface area (Å²) < 4.78 is 5.70. The molecule has 0 amide bonds. The average Bonchev–Trinajstić information content (AvgIpc) is 2.47. The van der Waals surface area contributed by atoms with Gasteiger partial charge in [0, 0.05) is 12.0 Å². The molecule has 0 saturated heterocycles.